The van der Waals surface area contributed by atoms with Gasteiger partial charge in [0.15, 0.2) is 0 Å². The maximum Gasteiger partial charge on any atom is 0.254 e. The molecule has 0 saturated carbocycles. The molecule has 3 heteroatoms. The molecule has 108 valence electrons. The topological polar surface area (TPSA) is 40.5 Å². The van der Waals surface area contributed by atoms with Gasteiger partial charge in [0.25, 0.3) is 5.91 Å². The van der Waals surface area contributed by atoms with Crippen molar-refractivity contribution >= 4 is 5.91 Å². The highest BCUT2D eigenvalue weighted by Crippen LogP contribution is 2.36. The van der Waals surface area contributed by atoms with Crippen LogP contribution in [-0.2, 0) is 0 Å². The van der Waals surface area contributed by atoms with E-state index in [4.69, 9.17) is 0 Å². The fourth-order valence-electron chi connectivity index (χ4n) is 3.64. The zero-order valence-corrected chi connectivity index (χ0v) is 12.2. The van der Waals surface area contributed by atoms with Gasteiger partial charge in [-0.1, -0.05) is 26.0 Å². The maximum atomic E-state index is 12.7. The van der Waals surface area contributed by atoms with Crippen molar-refractivity contribution < 1.29 is 9.90 Å². The van der Waals surface area contributed by atoms with E-state index >= 15 is 0 Å². The Morgan fingerprint density at radius 1 is 1.15 bits per heavy atom. The predicted molar refractivity (Wildman–Crippen MR) is 78.8 cm³/mol. The van der Waals surface area contributed by atoms with Gasteiger partial charge in [-0.05, 0) is 49.3 Å². The number of rotatable bonds is 2. The van der Waals surface area contributed by atoms with E-state index < -0.39 is 0 Å². The van der Waals surface area contributed by atoms with Crippen molar-refractivity contribution in [2.24, 2.45) is 0 Å². The summed E-state index contributed by atoms with van der Waals surface area (Å²) in [5.74, 6) is 0.625. The minimum atomic E-state index is -0.222. The Balaban J connectivity index is 1.79. The molecule has 2 aliphatic heterocycles. The third-order valence-electron chi connectivity index (χ3n) is 4.77. The lowest BCUT2D eigenvalue weighted by atomic mass is 9.97. The molecule has 0 radical (unpaired) electrons. The zero-order valence-electron chi connectivity index (χ0n) is 12.2. The minimum Gasteiger partial charge on any atom is -0.393 e. The molecule has 2 unspecified atom stereocenters. The number of amides is 1. The average Bonchev–Trinajstić information content (AvgIpc) is 2.70. The normalized spacial score (nSPS) is 29.0. The molecule has 2 heterocycles. The van der Waals surface area contributed by atoms with Gasteiger partial charge < -0.3 is 10.0 Å². The molecule has 0 aliphatic carbocycles. The summed E-state index contributed by atoms with van der Waals surface area (Å²) >= 11 is 0. The summed E-state index contributed by atoms with van der Waals surface area (Å²) < 4.78 is 0. The second-order valence-corrected chi connectivity index (χ2v) is 6.50. The lowest BCUT2D eigenvalue weighted by molar-refractivity contribution is 0.0287. The number of benzene rings is 1. The third kappa shape index (κ3) is 2.35. The van der Waals surface area contributed by atoms with Gasteiger partial charge in [0.1, 0.15) is 0 Å². The molecule has 3 nitrogen and oxygen atoms in total. The van der Waals surface area contributed by atoms with Gasteiger partial charge in [0.05, 0.1) is 6.10 Å². The highest BCUT2D eigenvalue weighted by Gasteiger charge is 2.42. The summed E-state index contributed by atoms with van der Waals surface area (Å²) in [6, 6.07) is 8.48. The van der Waals surface area contributed by atoms with Crippen LogP contribution in [0.15, 0.2) is 24.3 Å². The highest BCUT2D eigenvalue weighted by molar-refractivity contribution is 5.95. The van der Waals surface area contributed by atoms with Crippen molar-refractivity contribution in [1.82, 2.24) is 4.90 Å². The van der Waals surface area contributed by atoms with Crippen LogP contribution in [0.1, 0.15) is 61.4 Å². The molecule has 0 spiro atoms. The quantitative estimate of drug-likeness (QED) is 0.900. The van der Waals surface area contributed by atoms with Gasteiger partial charge in [0.2, 0.25) is 0 Å². The van der Waals surface area contributed by atoms with Crippen molar-refractivity contribution in [2.45, 2.75) is 63.6 Å². The van der Waals surface area contributed by atoms with Crippen LogP contribution in [-0.4, -0.2) is 34.1 Å². The van der Waals surface area contributed by atoms with E-state index in [0.29, 0.717) is 5.92 Å². The van der Waals surface area contributed by atoms with E-state index in [-0.39, 0.29) is 24.1 Å². The molecule has 1 amide bonds. The van der Waals surface area contributed by atoms with Crippen LogP contribution in [0.5, 0.6) is 0 Å². The molecular weight excluding hydrogens is 250 g/mol. The molecule has 0 aromatic heterocycles. The van der Waals surface area contributed by atoms with Crippen molar-refractivity contribution in [3.05, 3.63) is 35.4 Å². The lowest BCUT2D eigenvalue weighted by Gasteiger charge is -2.37. The fourth-order valence-corrected chi connectivity index (χ4v) is 3.64. The van der Waals surface area contributed by atoms with Gasteiger partial charge in [-0.3, -0.25) is 4.79 Å². The van der Waals surface area contributed by atoms with E-state index in [1.807, 2.05) is 17.0 Å². The molecule has 2 bridgehead atoms. The summed E-state index contributed by atoms with van der Waals surface area (Å²) in [6.07, 6.45) is 3.34. The number of nitrogens with zero attached hydrogens (tertiary/aromatic N) is 1. The number of hydrogen-bond acceptors (Lipinski definition) is 2. The first-order valence-corrected chi connectivity index (χ1v) is 7.67. The van der Waals surface area contributed by atoms with Gasteiger partial charge in [0, 0.05) is 17.6 Å². The van der Waals surface area contributed by atoms with Crippen molar-refractivity contribution in [3.8, 4) is 0 Å². The average molecular weight is 273 g/mol. The third-order valence-corrected chi connectivity index (χ3v) is 4.77. The molecule has 20 heavy (non-hydrogen) atoms. The van der Waals surface area contributed by atoms with E-state index in [1.54, 1.807) is 0 Å². The van der Waals surface area contributed by atoms with E-state index in [2.05, 4.69) is 26.0 Å². The maximum absolute atomic E-state index is 12.7. The van der Waals surface area contributed by atoms with Crippen LogP contribution in [0.2, 0.25) is 0 Å². The van der Waals surface area contributed by atoms with Crippen molar-refractivity contribution in [2.75, 3.05) is 0 Å². The van der Waals surface area contributed by atoms with E-state index in [0.717, 1.165) is 31.2 Å². The molecule has 2 fully saturated rings. The van der Waals surface area contributed by atoms with Crippen LogP contribution >= 0.6 is 0 Å². The Hall–Kier alpha value is -1.35. The van der Waals surface area contributed by atoms with Crippen molar-refractivity contribution in [1.29, 1.82) is 0 Å². The second kappa shape index (κ2) is 5.21. The summed E-state index contributed by atoms with van der Waals surface area (Å²) in [5, 5.41) is 9.82. The Bertz CT molecular complexity index is 480. The summed E-state index contributed by atoms with van der Waals surface area (Å²) in [5.41, 5.74) is 2.04. The zero-order chi connectivity index (χ0) is 14.3. The number of carbonyl (C=O) groups is 1. The Morgan fingerprint density at radius 3 is 2.20 bits per heavy atom. The minimum absolute atomic E-state index is 0.139. The van der Waals surface area contributed by atoms with Gasteiger partial charge in [-0.15, -0.1) is 0 Å². The fraction of sp³-hybridized carbons (Fsp3) is 0.588. The molecule has 1 aromatic rings. The van der Waals surface area contributed by atoms with Crippen LogP contribution in [0, 0.1) is 0 Å². The van der Waals surface area contributed by atoms with Gasteiger partial charge in [-0.25, -0.2) is 0 Å². The number of fused-ring (bicyclic) bond motifs is 2. The Morgan fingerprint density at radius 2 is 1.70 bits per heavy atom. The second-order valence-electron chi connectivity index (χ2n) is 6.50. The first-order chi connectivity index (χ1) is 9.56. The summed E-state index contributed by atoms with van der Waals surface area (Å²) in [6.45, 7) is 4.31. The molecule has 1 N–H and O–H groups in total. The van der Waals surface area contributed by atoms with Crippen molar-refractivity contribution in [3.63, 3.8) is 0 Å². The number of aliphatic hydroxyl groups is 1. The SMILES string of the molecule is CC(C)c1ccc(C(=O)N2C3CCC2CC(O)C3)cc1. The molecular formula is C17H23NO2. The van der Waals surface area contributed by atoms with E-state index in [1.165, 1.54) is 5.56 Å². The molecule has 2 atom stereocenters. The predicted octanol–water partition coefficient (Wildman–Crippen LogP) is 2.94. The van der Waals surface area contributed by atoms with Crippen LogP contribution in [0.3, 0.4) is 0 Å². The van der Waals surface area contributed by atoms with Crippen LogP contribution < -0.4 is 0 Å². The Labute approximate surface area is 120 Å². The first kappa shape index (κ1) is 13.6. The number of piperidine rings is 1. The smallest absolute Gasteiger partial charge is 0.254 e. The Kier molecular flexibility index (Phi) is 3.55. The number of aliphatic hydroxyl groups excluding tert-OH is 1. The van der Waals surface area contributed by atoms with Crippen LogP contribution in [0.4, 0.5) is 0 Å². The largest absolute Gasteiger partial charge is 0.393 e. The molecule has 3 rings (SSSR count). The molecule has 2 saturated heterocycles. The lowest BCUT2D eigenvalue weighted by Crippen LogP contribution is -2.48. The standard InChI is InChI=1S/C17H23NO2/c1-11(2)12-3-5-13(6-4-12)17(20)18-14-7-8-15(18)10-16(19)9-14/h3-6,11,14-16,19H,7-10H2,1-2H3. The number of hydrogen-bond donors (Lipinski definition) is 1. The summed E-state index contributed by atoms with van der Waals surface area (Å²) in [7, 11) is 0. The monoisotopic (exact) mass is 273 g/mol. The first-order valence-electron chi connectivity index (χ1n) is 7.67. The van der Waals surface area contributed by atoms with E-state index in [9.17, 15) is 9.90 Å². The summed E-state index contributed by atoms with van der Waals surface area (Å²) in [4.78, 5) is 14.7. The van der Waals surface area contributed by atoms with Gasteiger partial charge in [-0.2, -0.15) is 0 Å². The highest BCUT2D eigenvalue weighted by atomic mass is 16.3. The molecule has 2 aliphatic rings. The number of carbonyl (C=O) groups excluding carboxylic acids is 1. The van der Waals surface area contributed by atoms with Gasteiger partial charge >= 0.3 is 0 Å². The molecule has 1 aromatic carbocycles. The van der Waals surface area contributed by atoms with Crippen LogP contribution in [0.25, 0.3) is 0 Å².